The molecule has 1 aromatic carbocycles. The molecule has 0 spiro atoms. The summed E-state index contributed by atoms with van der Waals surface area (Å²) < 4.78 is 22.6. The number of carbonyl (C=O) groups excluding carboxylic acids is 3. The molecule has 1 aromatic heterocycles. The summed E-state index contributed by atoms with van der Waals surface area (Å²) in [6.07, 6.45) is 0. The van der Waals surface area contributed by atoms with E-state index in [2.05, 4.69) is 5.32 Å². The van der Waals surface area contributed by atoms with Crippen LogP contribution in [0.2, 0.25) is 0 Å². The topological polar surface area (TPSA) is 81.7 Å². The number of carbonyl (C=O) groups is 3. The maximum atomic E-state index is 13.1. The van der Waals surface area contributed by atoms with Crippen LogP contribution in [0.1, 0.15) is 27.0 Å². The predicted octanol–water partition coefficient (Wildman–Crippen LogP) is 2.63. The molecule has 1 amide bonds. The van der Waals surface area contributed by atoms with Gasteiger partial charge in [0.15, 0.2) is 0 Å². The van der Waals surface area contributed by atoms with Gasteiger partial charge in [-0.3, -0.25) is 9.59 Å². The third-order valence-corrected chi connectivity index (χ3v) is 4.22. The van der Waals surface area contributed by atoms with Crippen molar-refractivity contribution in [3.63, 3.8) is 0 Å². The first kappa shape index (κ1) is 18.6. The van der Waals surface area contributed by atoms with Crippen LogP contribution in [0.15, 0.2) is 29.6 Å². The Labute approximate surface area is 147 Å². The first-order chi connectivity index (χ1) is 12.0. The van der Waals surface area contributed by atoms with E-state index in [1.165, 1.54) is 31.4 Å². The molecule has 25 heavy (non-hydrogen) atoms. The van der Waals surface area contributed by atoms with Gasteiger partial charge in [0.2, 0.25) is 0 Å². The van der Waals surface area contributed by atoms with Gasteiger partial charge >= 0.3 is 11.9 Å². The van der Waals surface area contributed by atoms with Crippen LogP contribution in [-0.2, 0) is 14.3 Å². The minimum Gasteiger partial charge on any atom is -0.465 e. The molecule has 132 valence electrons. The van der Waals surface area contributed by atoms with Crippen molar-refractivity contribution in [1.29, 1.82) is 0 Å². The Morgan fingerprint density at radius 3 is 2.48 bits per heavy atom. The van der Waals surface area contributed by atoms with Crippen LogP contribution in [0, 0.1) is 5.82 Å². The molecule has 2 aromatic rings. The lowest BCUT2D eigenvalue weighted by Crippen LogP contribution is -2.31. The Morgan fingerprint density at radius 1 is 1.20 bits per heavy atom. The molecule has 0 fully saturated rings. The zero-order chi connectivity index (χ0) is 18.4. The van der Waals surface area contributed by atoms with Crippen LogP contribution in [0.5, 0.6) is 0 Å². The maximum absolute atomic E-state index is 13.1. The number of hydrogen-bond acceptors (Lipinski definition) is 6. The summed E-state index contributed by atoms with van der Waals surface area (Å²) in [5, 5.41) is 4.02. The van der Waals surface area contributed by atoms with Gasteiger partial charge in [-0.05, 0) is 24.6 Å². The lowest BCUT2D eigenvalue weighted by atomic mass is 10.0. The Morgan fingerprint density at radius 2 is 1.88 bits per heavy atom. The van der Waals surface area contributed by atoms with Gasteiger partial charge in [0, 0.05) is 10.9 Å². The van der Waals surface area contributed by atoms with Crippen LogP contribution in [-0.4, -0.2) is 38.1 Å². The maximum Gasteiger partial charge on any atom is 0.340 e. The number of methoxy groups -OCH3 is 1. The molecule has 0 bridgehead atoms. The van der Waals surface area contributed by atoms with Crippen LogP contribution in [0.4, 0.5) is 4.39 Å². The summed E-state index contributed by atoms with van der Waals surface area (Å²) in [6, 6.07) is 5.53. The fourth-order valence-electron chi connectivity index (χ4n) is 2.12. The Balaban J connectivity index is 2.32. The molecule has 0 radical (unpaired) electrons. The third kappa shape index (κ3) is 4.42. The normalized spacial score (nSPS) is 10.2. The number of esters is 2. The second-order valence-corrected chi connectivity index (χ2v) is 5.72. The van der Waals surface area contributed by atoms with Gasteiger partial charge in [0.1, 0.15) is 17.2 Å². The van der Waals surface area contributed by atoms with Crippen LogP contribution >= 0.6 is 11.3 Å². The molecule has 1 N–H and O–H groups in total. The SMILES string of the molecule is CCOC(=O)CNC(=O)c1scc(-c2ccc(F)cc2)c1C(=O)OC. The molecular formula is C17H16FNO5S. The number of nitrogens with one attached hydrogen (secondary N) is 1. The van der Waals surface area contributed by atoms with Crippen molar-refractivity contribution in [2.75, 3.05) is 20.3 Å². The number of ether oxygens (including phenoxy) is 2. The zero-order valence-electron chi connectivity index (χ0n) is 13.6. The van der Waals surface area contributed by atoms with E-state index in [-0.39, 0.29) is 23.6 Å². The van der Waals surface area contributed by atoms with E-state index in [0.29, 0.717) is 11.1 Å². The number of benzene rings is 1. The Hall–Kier alpha value is -2.74. The number of rotatable bonds is 6. The molecule has 1 heterocycles. The van der Waals surface area contributed by atoms with Gasteiger partial charge in [-0.1, -0.05) is 12.1 Å². The molecule has 0 atom stereocenters. The minimum atomic E-state index is -0.693. The second kappa shape index (κ2) is 8.39. The fourth-order valence-corrected chi connectivity index (χ4v) is 3.10. The standard InChI is InChI=1S/C17H16FNO5S/c1-3-24-13(20)8-19-16(21)15-14(17(22)23-2)12(9-25-15)10-4-6-11(18)7-5-10/h4-7,9H,3,8H2,1-2H3,(H,19,21). The first-order valence-electron chi connectivity index (χ1n) is 7.37. The van der Waals surface area contributed by atoms with Crippen molar-refractivity contribution in [2.24, 2.45) is 0 Å². The predicted molar refractivity (Wildman–Crippen MR) is 90.0 cm³/mol. The summed E-state index contributed by atoms with van der Waals surface area (Å²) in [7, 11) is 1.20. The Bertz CT molecular complexity index is 785. The molecule has 0 saturated heterocycles. The van der Waals surface area contributed by atoms with Gasteiger partial charge in [-0.15, -0.1) is 11.3 Å². The first-order valence-corrected chi connectivity index (χ1v) is 8.25. The molecule has 0 aliphatic rings. The summed E-state index contributed by atoms with van der Waals surface area (Å²) in [5.41, 5.74) is 1.10. The summed E-state index contributed by atoms with van der Waals surface area (Å²) in [6.45, 7) is 1.55. The highest BCUT2D eigenvalue weighted by Gasteiger charge is 2.25. The van der Waals surface area contributed by atoms with Gasteiger partial charge in [0.25, 0.3) is 5.91 Å². The molecule has 0 aliphatic carbocycles. The van der Waals surface area contributed by atoms with E-state index >= 15 is 0 Å². The van der Waals surface area contributed by atoms with E-state index in [1.807, 2.05) is 0 Å². The van der Waals surface area contributed by atoms with Crippen molar-refractivity contribution in [3.8, 4) is 11.1 Å². The van der Waals surface area contributed by atoms with Crippen LogP contribution in [0.25, 0.3) is 11.1 Å². The number of halogens is 1. The monoisotopic (exact) mass is 365 g/mol. The van der Waals surface area contributed by atoms with Crippen molar-refractivity contribution < 1.29 is 28.2 Å². The summed E-state index contributed by atoms with van der Waals surface area (Å²) in [5.74, 6) is -2.27. The largest absolute Gasteiger partial charge is 0.465 e. The summed E-state index contributed by atoms with van der Waals surface area (Å²) >= 11 is 1.03. The zero-order valence-corrected chi connectivity index (χ0v) is 14.4. The molecule has 0 unspecified atom stereocenters. The van der Waals surface area contributed by atoms with Crippen molar-refractivity contribution in [2.45, 2.75) is 6.92 Å². The van der Waals surface area contributed by atoms with Crippen LogP contribution in [0.3, 0.4) is 0 Å². The Kier molecular flexibility index (Phi) is 6.24. The lowest BCUT2D eigenvalue weighted by molar-refractivity contribution is -0.141. The average molecular weight is 365 g/mol. The van der Waals surface area contributed by atoms with Crippen molar-refractivity contribution in [3.05, 3.63) is 45.9 Å². The third-order valence-electron chi connectivity index (χ3n) is 3.24. The van der Waals surface area contributed by atoms with E-state index in [9.17, 15) is 18.8 Å². The number of amides is 1. The molecule has 2 rings (SSSR count). The smallest absolute Gasteiger partial charge is 0.340 e. The van der Waals surface area contributed by atoms with Crippen molar-refractivity contribution in [1.82, 2.24) is 5.32 Å². The quantitative estimate of drug-likeness (QED) is 0.796. The highest BCUT2D eigenvalue weighted by molar-refractivity contribution is 7.13. The fraction of sp³-hybridized carbons (Fsp3) is 0.235. The highest BCUT2D eigenvalue weighted by Crippen LogP contribution is 2.32. The van der Waals surface area contributed by atoms with Gasteiger partial charge in [-0.2, -0.15) is 0 Å². The highest BCUT2D eigenvalue weighted by atomic mass is 32.1. The van der Waals surface area contributed by atoms with E-state index < -0.39 is 23.7 Å². The molecule has 0 aliphatic heterocycles. The molecular weight excluding hydrogens is 349 g/mol. The van der Waals surface area contributed by atoms with E-state index in [1.54, 1.807) is 12.3 Å². The van der Waals surface area contributed by atoms with Gasteiger partial charge in [-0.25, -0.2) is 9.18 Å². The van der Waals surface area contributed by atoms with E-state index in [0.717, 1.165) is 11.3 Å². The van der Waals surface area contributed by atoms with Gasteiger partial charge in [0.05, 0.1) is 19.3 Å². The lowest BCUT2D eigenvalue weighted by Gasteiger charge is -2.07. The molecule has 0 saturated carbocycles. The minimum absolute atomic E-state index is 0.0699. The van der Waals surface area contributed by atoms with E-state index in [4.69, 9.17) is 9.47 Å². The van der Waals surface area contributed by atoms with Crippen LogP contribution < -0.4 is 5.32 Å². The molecule has 8 heteroatoms. The average Bonchev–Trinajstić information content (AvgIpc) is 3.05. The second-order valence-electron chi connectivity index (χ2n) is 4.84. The number of hydrogen-bond donors (Lipinski definition) is 1. The van der Waals surface area contributed by atoms with Gasteiger partial charge < -0.3 is 14.8 Å². The summed E-state index contributed by atoms with van der Waals surface area (Å²) in [4.78, 5) is 35.9. The van der Waals surface area contributed by atoms with Crippen molar-refractivity contribution >= 4 is 29.2 Å². The molecule has 6 nitrogen and oxygen atoms in total. The number of thiophene rings is 1.